The third kappa shape index (κ3) is 5.13. The van der Waals surface area contributed by atoms with E-state index in [-0.39, 0.29) is 17.9 Å². The van der Waals surface area contributed by atoms with Gasteiger partial charge in [-0.3, -0.25) is 4.79 Å². The Hall–Kier alpha value is -0.620. The van der Waals surface area contributed by atoms with Gasteiger partial charge in [0.2, 0.25) is 0 Å². The normalized spacial score (nSPS) is 12.8. The first-order chi connectivity index (χ1) is 6.99. The molecule has 4 nitrogen and oxygen atoms in total. The van der Waals surface area contributed by atoms with Crippen LogP contribution in [0, 0.1) is 17.8 Å². The Morgan fingerprint density at radius 1 is 1.40 bits per heavy atom. The topological polar surface area (TPSA) is 74.6 Å². The molecule has 0 saturated carbocycles. The fourth-order valence-electron chi connectivity index (χ4n) is 0.954. The van der Waals surface area contributed by atoms with Crippen molar-refractivity contribution in [2.24, 2.45) is 5.92 Å². The van der Waals surface area contributed by atoms with Crippen LogP contribution in [-0.4, -0.2) is 34.9 Å². The molecule has 0 aliphatic heterocycles. The van der Waals surface area contributed by atoms with Crippen molar-refractivity contribution in [2.75, 3.05) is 18.9 Å². The first-order valence-corrected chi connectivity index (χ1v) is 6.96. The second-order valence-electron chi connectivity index (χ2n) is 3.50. The van der Waals surface area contributed by atoms with Crippen LogP contribution in [0.25, 0.3) is 0 Å². The molecule has 0 aromatic carbocycles. The van der Waals surface area contributed by atoms with Gasteiger partial charge >= 0.3 is 0 Å². The van der Waals surface area contributed by atoms with Gasteiger partial charge in [0.1, 0.15) is 12.9 Å². The van der Waals surface area contributed by atoms with E-state index in [0.717, 1.165) is 0 Å². The minimum Gasteiger partial charge on any atom is -0.389 e. The fourth-order valence-corrected chi connectivity index (χ4v) is 2.12. The summed E-state index contributed by atoms with van der Waals surface area (Å²) in [4.78, 5) is 11.5. The van der Waals surface area contributed by atoms with Gasteiger partial charge in [-0.05, 0) is 6.92 Å². The molecule has 0 aliphatic carbocycles. The van der Waals surface area contributed by atoms with Crippen molar-refractivity contribution in [3.05, 3.63) is 0 Å². The molecule has 0 rings (SSSR count). The van der Waals surface area contributed by atoms with Gasteiger partial charge in [0.15, 0.2) is 0 Å². The minimum absolute atomic E-state index is 0.218. The SMILES string of the molecule is CC#CC[C@H](C)C(=O)CP(=O)(CO)CO. The maximum Gasteiger partial charge on any atom is 0.144 e. The van der Waals surface area contributed by atoms with Gasteiger partial charge in [0.05, 0.1) is 18.9 Å². The minimum atomic E-state index is -3.11. The van der Waals surface area contributed by atoms with Crippen LogP contribution in [0.15, 0.2) is 0 Å². The average Bonchev–Trinajstić information content (AvgIpc) is 2.25. The summed E-state index contributed by atoms with van der Waals surface area (Å²) in [5.74, 6) is 4.92. The Balaban J connectivity index is 4.33. The van der Waals surface area contributed by atoms with Crippen LogP contribution in [-0.2, 0) is 9.36 Å². The lowest BCUT2D eigenvalue weighted by Crippen LogP contribution is -2.17. The van der Waals surface area contributed by atoms with Gasteiger partial charge in [-0.25, -0.2) is 0 Å². The van der Waals surface area contributed by atoms with E-state index < -0.39 is 19.8 Å². The Kier molecular flexibility index (Phi) is 6.51. The van der Waals surface area contributed by atoms with Gasteiger partial charge in [-0.2, -0.15) is 0 Å². The summed E-state index contributed by atoms with van der Waals surface area (Å²) in [6.07, 6.45) is -1.07. The maximum absolute atomic E-state index is 11.6. The summed E-state index contributed by atoms with van der Waals surface area (Å²) in [5, 5.41) is 17.6. The fraction of sp³-hybridized carbons (Fsp3) is 0.700. The standard InChI is InChI=1S/C10H17O4P/c1-3-4-5-9(2)10(13)6-15(14,7-11)8-12/h9,11-12H,5-8H2,1-2H3/t9-/m0/s1. The summed E-state index contributed by atoms with van der Waals surface area (Å²) in [5.41, 5.74) is 0. The number of hydrogen-bond acceptors (Lipinski definition) is 4. The van der Waals surface area contributed by atoms with Gasteiger partial charge in [-0.15, -0.1) is 11.8 Å². The van der Waals surface area contributed by atoms with E-state index in [4.69, 9.17) is 10.2 Å². The van der Waals surface area contributed by atoms with Crippen LogP contribution in [0.2, 0.25) is 0 Å². The summed E-state index contributed by atoms with van der Waals surface area (Å²) in [7, 11) is -3.11. The lowest BCUT2D eigenvalue weighted by molar-refractivity contribution is -0.119. The van der Waals surface area contributed by atoms with Crippen molar-refractivity contribution in [1.82, 2.24) is 0 Å². The number of rotatable bonds is 6. The van der Waals surface area contributed by atoms with Crippen molar-refractivity contribution in [3.8, 4) is 11.8 Å². The lowest BCUT2D eigenvalue weighted by atomic mass is 10.0. The van der Waals surface area contributed by atoms with E-state index in [9.17, 15) is 9.36 Å². The molecular formula is C10H17O4P. The Labute approximate surface area is 90.1 Å². The molecule has 2 N–H and O–H groups in total. The molecule has 1 atom stereocenters. The van der Waals surface area contributed by atoms with E-state index >= 15 is 0 Å². The predicted molar refractivity (Wildman–Crippen MR) is 58.9 cm³/mol. The molecule has 0 amide bonds. The molecule has 0 aliphatic rings. The Morgan fingerprint density at radius 3 is 2.33 bits per heavy atom. The highest BCUT2D eigenvalue weighted by Gasteiger charge is 2.26. The Morgan fingerprint density at radius 2 is 1.93 bits per heavy atom. The van der Waals surface area contributed by atoms with Gasteiger partial charge < -0.3 is 14.8 Å². The molecule has 0 fully saturated rings. The number of aliphatic hydroxyl groups is 2. The molecule has 0 radical (unpaired) electrons. The van der Waals surface area contributed by atoms with E-state index in [2.05, 4.69) is 11.8 Å². The zero-order valence-corrected chi connectivity index (χ0v) is 9.96. The molecule has 0 aromatic heterocycles. The molecule has 0 heterocycles. The largest absolute Gasteiger partial charge is 0.389 e. The Bertz CT molecular complexity index is 305. The van der Waals surface area contributed by atoms with Crippen LogP contribution in [0.1, 0.15) is 20.3 Å². The van der Waals surface area contributed by atoms with Crippen LogP contribution in [0.5, 0.6) is 0 Å². The van der Waals surface area contributed by atoms with Crippen LogP contribution in [0.3, 0.4) is 0 Å². The van der Waals surface area contributed by atoms with E-state index in [1.165, 1.54) is 0 Å². The van der Waals surface area contributed by atoms with Crippen LogP contribution < -0.4 is 0 Å². The second kappa shape index (κ2) is 6.79. The molecule has 15 heavy (non-hydrogen) atoms. The smallest absolute Gasteiger partial charge is 0.144 e. The lowest BCUT2D eigenvalue weighted by Gasteiger charge is -2.13. The summed E-state index contributed by atoms with van der Waals surface area (Å²) in [6.45, 7) is 3.38. The summed E-state index contributed by atoms with van der Waals surface area (Å²) in [6, 6.07) is 0. The van der Waals surface area contributed by atoms with Crippen molar-refractivity contribution < 1.29 is 19.6 Å². The average molecular weight is 232 g/mol. The molecule has 0 unspecified atom stereocenters. The molecular weight excluding hydrogens is 215 g/mol. The van der Waals surface area contributed by atoms with E-state index in [0.29, 0.717) is 6.42 Å². The summed E-state index contributed by atoms with van der Waals surface area (Å²) < 4.78 is 11.6. The zero-order chi connectivity index (χ0) is 11.9. The third-order valence-corrected chi connectivity index (χ3v) is 4.01. The maximum atomic E-state index is 11.6. The third-order valence-electron chi connectivity index (χ3n) is 2.09. The quantitative estimate of drug-likeness (QED) is 0.526. The highest BCUT2D eigenvalue weighted by molar-refractivity contribution is 7.64. The van der Waals surface area contributed by atoms with Crippen molar-refractivity contribution in [2.45, 2.75) is 20.3 Å². The molecule has 5 heteroatoms. The molecule has 86 valence electrons. The number of Topliss-reactive ketones (excluding diaryl/α,β-unsaturated/α-hetero) is 1. The van der Waals surface area contributed by atoms with E-state index in [1.54, 1.807) is 13.8 Å². The molecule has 0 spiro atoms. The number of carbonyl (C=O) groups excluding carboxylic acids is 1. The van der Waals surface area contributed by atoms with Crippen LogP contribution >= 0.6 is 7.14 Å². The molecule has 0 saturated heterocycles. The monoisotopic (exact) mass is 232 g/mol. The highest BCUT2D eigenvalue weighted by Crippen LogP contribution is 2.43. The van der Waals surface area contributed by atoms with Crippen molar-refractivity contribution >= 4 is 12.9 Å². The van der Waals surface area contributed by atoms with Gasteiger partial charge in [0.25, 0.3) is 0 Å². The van der Waals surface area contributed by atoms with E-state index in [1.807, 2.05) is 0 Å². The number of carbonyl (C=O) groups is 1. The first kappa shape index (κ1) is 14.4. The summed E-state index contributed by atoms with van der Waals surface area (Å²) >= 11 is 0. The highest BCUT2D eigenvalue weighted by atomic mass is 31.2. The second-order valence-corrected chi connectivity index (χ2v) is 6.50. The van der Waals surface area contributed by atoms with Gasteiger partial charge in [-0.1, -0.05) is 6.92 Å². The number of aliphatic hydroxyl groups excluding tert-OH is 2. The number of ketones is 1. The zero-order valence-electron chi connectivity index (χ0n) is 9.06. The predicted octanol–water partition coefficient (Wildman–Crippen LogP) is 0.868. The van der Waals surface area contributed by atoms with Crippen LogP contribution in [0.4, 0.5) is 0 Å². The van der Waals surface area contributed by atoms with Crippen molar-refractivity contribution in [3.63, 3.8) is 0 Å². The number of hydrogen-bond donors (Lipinski definition) is 2. The molecule has 0 aromatic rings. The van der Waals surface area contributed by atoms with Gasteiger partial charge in [0, 0.05) is 12.3 Å². The first-order valence-electron chi connectivity index (χ1n) is 4.70. The van der Waals surface area contributed by atoms with Crippen molar-refractivity contribution in [1.29, 1.82) is 0 Å². The molecule has 0 bridgehead atoms.